The Morgan fingerprint density at radius 1 is 1.22 bits per heavy atom. The van der Waals surface area contributed by atoms with E-state index >= 15 is 0 Å². The van der Waals surface area contributed by atoms with Crippen molar-refractivity contribution in [1.29, 1.82) is 0 Å². The number of hydrogen-bond donors (Lipinski definition) is 1. The van der Waals surface area contributed by atoms with E-state index in [0.717, 1.165) is 41.1 Å². The molecule has 1 aromatic rings. The highest BCUT2D eigenvalue weighted by molar-refractivity contribution is 7.89. The van der Waals surface area contributed by atoms with Crippen LogP contribution in [0.2, 0.25) is 0 Å². The molecule has 23 heavy (non-hydrogen) atoms. The normalized spacial score (nSPS) is 26.0. The van der Waals surface area contributed by atoms with Crippen LogP contribution in [-0.2, 0) is 24.1 Å². The third-order valence-corrected chi connectivity index (χ3v) is 6.74. The van der Waals surface area contributed by atoms with Crippen LogP contribution >= 0.6 is 0 Å². The topological polar surface area (TPSA) is 93.4 Å². The van der Waals surface area contributed by atoms with Gasteiger partial charge in [0.25, 0.3) is 5.56 Å². The van der Waals surface area contributed by atoms with E-state index in [9.17, 15) is 18.0 Å². The highest BCUT2D eigenvalue weighted by atomic mass is 32.2. The highest BCUT2D eigenvalue weighted by Crippen LogP contribution is 2.27. The summed E-state index contributed by atoms with van der Waals surface area (Å²) in [6.45, 7) is 1.80. The molecule has 3 heterocycles. The van der Waals surface area contributed by atoms with Crippen LogP contribution in [0.15, 0.2) is 20.7 Å². The van der Waals surface area contributed by atoms with Gasteiger partial charge in [0.2, 0.25) is 10.0 Å². The maximum Gasteiger partial charge on any atom is 0.330 e. The number of sulfonamides is 1. The van der Waals surface area contributed by atoms with Crippen LogP contribution in [0.1, 0.15) is 19.3 Å². The third-order valence-electron chi connectivity index (χ3n) is 4.89. The van der Waals surface area contributed by atoms with E-state index in [4.69, 9.17) is 0 Å². The van der Waals surface area contributed by atoms with Crippen molar-refractivity contribution in [2.24, 2.45) is 20.0 Å². The second kappa shape index (κ2) is 5.88. The standard InChI is InChI=1S/C14H22N4O4S/c1-16-9-12(13(19)17(2)14(16)20)23(21,22)18-7-5-11-10(8-18)4-3-6-15-11/h9-11,15H,3-8H2,1-2H3/t10-,11+/m1/s1. The Bertz CT molecular complexity index is 826. The number of aryl methyl sites for hydroxylation is 1. The third kappa shape index (κ3) is 2.77. The lowest BCUT2D eigenvalue weighted by atomic mass is 9.86. The van der Waals surface area contributed by atoms with Crippen LogP contribution in [0.4, 0.5) is 0 Å². The Morgan fingerprint density at radius 2 is 1.96 bits per heavy atom. The van der Waals surface area contributed by atoms with Crippen molar-refractivity contribution in [3.05, 3.63) is 27.0 Å². The number of fused-ring (bicyclic) bond motifs is 1. The predicted molar refractivity (Wildman–Crippen MR) is 84.8 cm³/mol. The Hall–Kier alpha value is -1.45. The van der Waals surface area contributed by atoms with Gasteiger partial charge in [-0.3, -0.25) is 9.36 Å². The monoisotopic (exact) mass is 342 g/mol. The van der Waals surface area contributed by atoms with Gasteiger partial charge in [-0.05, 0) is 31.7 Å². The summed E-state index contributed by atoms with van der Waals surface area (Å²) in [6, 6.07) is 0.359. The van der Waals surface area contributed by atoms with Crippen LogP contribution < -0.4 is 16.6 Å². The molecule has 2 saturated heterocycles. The average Bonchev–Trinajstić information content (AvgIpc) is 2.55. The molecular weight excluding hydrogens is 320 g/mol. The average molecular weight is 342 g/mol. The summed E-state index contributed by atoms with van der Waals surface area (Å²) in [5.41, 5.74) is -1.30. The largest absolute Gasteiger partial charge is 0.330 e. The van der Waals surface area contributed by atoms with E-state index in [1.165, 1.54) is 18.4 Å². The summed E-state index contributed by atoms with van der Waals surface area (Å²) >= 11 is 0. The zero-order chi connectivity index (χ0) is 16.8. The lowest BCUT2D eigenvalue weighted by molar-refractivity contribution is 0.170. The maximum atomic E-state index is 12.9. The van der Waals surface area contributed by atoms with Crippen molar-refractivity contribution in [1.82, 2.24) is 18.8 Å². The second-order valence-corrected chi connectivity index (χ2v) is 8.27. The molecule has 8 nitrogen and oxygen atoms in total. The van der Waals surface area contributed by atoms with Crippen LogP contribution in [-0.4, -0.2) is 47.5 Å². The molecule has 0 aromatic carbocycles. The molecule has 2 aliphatic rings. The van der Waals surface area contributed by atoms with Crippen molar-refractivity contribution in [2.75, 3.05) is 19.6 Å². The quantitative estimate of drug-likeness (QED) is 0.732. The summed E-state index contributed by atoms with van der Waals surface area (Å²) in [4.78, 5) is 23.7. The fraction of sp³-hybridized carbons (Fsp3) is 0.714. The molecule has 128 valence electrons. The van der Waals surface area contributed by atoms with Crippen molar-refractivity contribution < 1.29 is 8.42 Å². The summed E-state index contributed by atoms with van der Waals surface area (Å²) in [6.07, 6.45) is 3.91. The molecule has 2 atom stereocenters. The minimum Gasteiger partial charge on any atom is -0.314 e. The van der Waals surface area contributed by atoms with Crippen molar-refractivity contribution in [3.8, 4) is 0 Å². The smallest absolute Gasteiger partial charge is 0.314 e. The SMILES string of the molecule is Cn1cc(S(=O)(=O)N2CC[C@@H]3NCCC[C@@H]3C2)c(=O)n(C)c1=O. The van der Waals surface area contributed by atoms with E-state index in [2.05, 4.69) is 5.32 Å². The Morgan fingerprint density at radius 3 is 2.70 bits per heavy atom. The molecule has 1 aromatic heterocycles. The number of aromatic nitrogens is 2. The molecule has 0 unspecified atom stereocenters. The lowest BCUT2D eigenvalue weighted by Gasteiger charge is -2.41. The molecule has 0 saturated carbocycles. The summed E-state index contributed by atoms with van der Waals surface area (Å²) < 4.78 is 29.1. The van der Waals surface area contributed by atoms with E-state index in [1.807, 2.05) is 0 Å². The van der Waals surface area contributed by atoms with Crippen molar-refractivity contribution in [2.45, 2.75) is 30.2 Å². The minimum absolute atomic E-state index is 0.281. The molecule has 2 fully saturated rings. The molecular formula is C14H22N4O4S. The van der Waals surface area contributed by atoms with Gasteiger partial charge < -0.3 is 9.88 Å². The van der Waals surface area contributed by atoms with Gasteiger partial charge in [-0.25, -0.2) is 13.2 Å². The first-order chi connectivity index (χ1) is 10.8. The molecule has 0 aliphatic carbocycles. The zero-order valence-electron chi connectivity index (χ0n) is 13.4. The second-order valence-electron chi connectivity index (χ2n) is 6.37. The molecule has 0 bridgehead atoms. The van der Waals surface area contributed by atoms with E-state index in [1.54, 1.807) is 0 Å². The molecule has 9 heteroatoms. The maximum absolute atomic E-state index is 12.9. The Balaban J connectivity index is 1.96. The molecule has 3 rings (SSSR count). The fourth-order valence-electron chi connectivity index (χ4n) is 3.52. The summed E-state index contributed by atoms with van der Waals surface area (Å²) in [7, 11) is -1.16. The lowest BCUT2D eigenvalue weighted by Crippen LogP contribution is -2.54. The van der Waals surface area contributed by atoms with Crippen LogP contribution in [0, 0.1) is 5.92 Å². The van der Waals surface area contributed by atoms with Gasteiger partial charge >= 0.3 is 5.69 Å². The Labute approximate surface area is 134 Å². The van der Waals surface area contributed by atoms with Crippen molar-refractivity contribution >= 4 is 10.0 Å². The molecule has 0 spiro atoms. The first-order valence-electron chi connectivity index (χ1n) is 7.82. The summed E-state index contributed by atoms with van der Waals surface area (Å²) in [5.74, 6) is 0.281. The van der Waals surface area contributed by atoms with E-state index < -0.39 is 21.3 Å². The van der Waals surface area contributed by atoms with Gasteiger partial charge in [-0.1, -0.05) is 0 Å². The van der Waals surface area contributed by atoms with Crippen LogP contribution in [0.25, 0.3) is 0 Å². The van der Waals surface area contributed by atoms with Gasteiger partial charge in [0.1, 0.15) is 0 Å². The first kappa shape index (κ1) is 16.4. The highest BCUT2D eigenvalue weighted by Gasteiger charge is 2.37. The Kier molecular flexibility index (Phi) is 4.19. The van der Waals surface area contributed by atoms with Gasteiger partial charge in [-0.2, -0.15) is 4.31 Å². The molecule has 1 N–H and O–H groups in total. The van der Waals surface area contributed by atoms with Crippen molar-refractivity contribution in [3.63, 3.8) is 0 Å². The molecule has 0 amide bonds. The van der Waals surface area contributed by atoms with Crippen LogP contribution in [0.3, 0.4) is 0 Å². The molecule has 0 radical (unpaired) electrons. The molecule has 2 aliphatic heterocycles. The number of nitrogens with one attached hydrogen (secondary N) is 1. The van der Waals surface area contributed by atoms with E-state index in [0.29, 0.717) is 19.1 Å². The minimum atomic E-state index is -3.89. The van der Waals surface area contributed by atoms with Gasteiger partial charge in [0.05, 0.1) is 0 Å². The van der Waals surface area contributed by atoms with E-state index in [-0.39, 0.29) is 10.8 Å². The summed E-state index contributed by atoms with van der Waals surface area (Å²) in [5, 5.41) is 3.44. The first-order valence-corrected chi connectivity index (χ1v) is 9.26. The number of nitrogens with zero attached hydrogens (tertiary/aromatic N) is 3. The predicted octanol–water partition coefficient (Wildman–Crippen LogP) is -1.15. The number of piperidine rings is 2. The fourth-order valence-corrected chi connectivity index (χ4v) is 5.18. The van der Waals surface area contributed by atoms with Gasteiger partial charge in [0.15, 0.2) is 4.90 Å². The van der Waals surface area contributed by atoms with Crippen LogP contribution in [0.5, 0.6) is 0 Å². The number of hydrogen-bond acceptors (Lipinski definition) is 5. The zero-order valence-corrected chi connectivity index (χ0v) is 14.2. The van der Waals surface area contributed by atoms with Gasteiger partial charge in [0, 0.05) is 39.4 Å². The number of rotatable bonds is 2. The van der Waals surface area contributed by atoms with Gasteiger partial charge in [-0.15, -0.1) is 0 Å².